The quantitative estimate of drug-likeness (QED) is 0.719. The van der Waals surface area contributed by atoms with Crippen LogP contribution in [-0.2, 0) is 4.79 Å². The van der Waals surface area contributed by atoms with Gasteiger partial charge in [0.1, 0.15) is 0 Å². The number of nitrogens with zero attached hydrogens (tertiary/aromatic N) is 3. The molecule has 0 atom stereocenters. The lowest BCUT2D eigenvalue weighted by Gasteiger charge is -2.32. The van der Waals surface area contributed by atoms with Crippen molar-refractivity contribution in [2.45, 2.75) is 57.9 Å². The van der Waals surface area contributed by atoms with E-state index in [0.717, 1.165) is 29.7 Å². The first kappa shape index (κ1) is 22.4. The van der Waals surface area contributed by atoms with E-state index < -0.39 is 0 Å². The largest absolute Gasteiger partial charge is 0.353 e. The number of amides is 3. The first-order valence-corrected chi connectivity index (χ1v) is 12.1. The second-order valence-electron chi connectivity index (χ2n) is 8.64. The number of hydrogen-bond acceptors (Lipinski definition) is 6. The summed E-state index contributed by atoms with van der Waals surface area (Å²) in [6.07, 6.45) is 7.05. The smallest absolute Gasteiger partial charge is 0.286 e. The Morgan fingerprint density at radius 2 is 1.59 bits per heavy atom. The lowest BCUT2D eigenvalue weighted by Crippen LogP contribution is -2.45. The van der Waals surface area contributed by atoms with Gasteiger partial charge < -0.3 is 15.5 Å². The van der Waals surface area contributed by atoms with Crippen molar-refractivity contribution in [3.8, 4) is 0 Å². The first-order chi connectivity index (χ1) is 15.5. The highest BCUT2D eigenvalue weighted by Crippen LogP contribution is 2.23. The molecule has 0 unspecified atom stereocenters. The number of piperidine rings is 1. The second kappa shape index (κ2) is 10.2. The molecule has 1 aromatic heterocycles. The van der Waals surface area contributed by atoms with Gasteiger partial charge in [-0.1, -0.05) is 48.3 Å². The number of anilines is 1. The monoisotopic (exact) mass is 455 g/mol. The number of hydrogen-bond donors (Lipinski definition) is 2. The fourth-order valence-electron chi connectivity index (χ4n) is 4.27. The Morgan fingerprint density at radius 1 is 0.938 bits per heavy atom. The van der Waals surface area contributed by atoms with E-state index in [4.69, 9.17) is 0 Å². The maximum absolute atomic E-state index is 12.8. The van der Waals surface area contributed by atoms with Crippen LogP contribution in [-0.4, -0.2) is 52.0 Å². The summed E-state index contributed by atoms with van der Waals surface area (Å²) in [6.45, 7) is 2.98. The summed E-state index contributed by atoms with van der Waals surface area (Å²) in [5.41, 5.74) is 1.76. The minimum Gasteiger partial charge on any atom is -0.353 e. The van der Waals surface area contributed by atoms with Crippen LogP contribution in [0.5, 0.6) is 0 Å². The number of carbonyl (C=O) groups is 3. The van der Waals surface area contributed by atoms with Gasteiger partial charge in [0, 0.05) is 30.7 Å². The molecule has 170 valence electrons. The van der Waals surface area contributed by atoms with Crippen molar-refractivity contribution in [3.05, 3.63) is 39.8 Å². The van der Waals surface area contributed by atoms with Gasteiger partial charge in [-0.05, 0) is 44.7 Å². The molecule has 0 spiro atoms. The van der Waals surface area contributed by atoms with E-state index in [1.807, 2.05) is 31.2 Å². The Balaban J connectivity index is 1.28. The zero-order valence-corrected chi connectivity index (χ0v) is 19.1. The third kappa shape index (κ3) is 5.51. The normalized spacial score (nSPS) is 17.7. The van der Waals surface area contributed by atoms with Crippen LogP contribution in [0.4, 0.5) is 5.69 Å². The van der Waals surface area contributed by atoms with Crippen LogP contribution in [0, 0.1) is 12.8 Å². The summed E-state index contributed by atoms with van der Waals surface area (Å²) in [5, 5.41) is 14.1. The lowest BCUT2D eigenvalue weighted by atomic mass is 9.92. The second-order valence-corrected chi connectivity index (χ2v) is 9.62. The molecule has 32 heavy (non-hydrogen) atoms. The fourth-order valence-corrected chi connectivity index (χ4v) is 4.98. The molecule has 2 aliphatic rings. The van der Waals surface area contributed by atoms with Crippen molar-refractivity contribution in [1.82, 2.24) is 20.4 Å². The van der Waals surface area contributed by atoms with Crippen LogP contribution in [0.25, 0.3) is 0 Å². The van der Waals surface area contributed by atoms with Crippen molar-refractivity contribution >= 4 is 34.7 Å². The summed E-state index contributed by atoms with van der Waals surface area (Å²) < 4.78 is 0. The molecule has 1 aliphatic carbocycles. The molecule has 0 radical (unpaired) electrons. The Bertz CT molecular complexity index is 960. The Kier molecular flexibility index (Phi) is 7.14. The number of rotatable bonds is 5. The van der Waals surface area contributed by atoms with Crippen molar-refractivity contribution in [1.29, 1.82) is 0 Å². The molecule has 2 N–H and O–H groups in total. The average Bonchev–Trinajstić information content (AvgIpc) is 3.31. The fraction of sp³-hybridized carbons (Fsp3) is 0.522. The van der Waals surface area contributed by atoms with Gasteiger partial charge in [0.05, 0.1) is 0 Å². The van der Waals surface area contributed by atoms with Crippen LogP contribution in [0.15, 0.2) is 24.3 Å². The minimum atomic E-state index is -0.386. The predicted octanol–water partition coefficient (Wildman–Crippen LogP) is 3.40. The van der Waals surface area contributed by atoms with Gasteiger partial charge in [-0.25, -0.2) is 0 Å². The molecule has 1 aliphatic heterocycles. The number of aryl methyl sites for hydroxylation is 1. The molecule has 1 aromatic carbocycles. The van der Waals surface area contributed by atoms with Crippen molar-refractivity contribution in [2.75, 3.05) is 18.4 Å². The van der Waals surface area contributed by atoms with E-state index in [1.54, 1.807) is 4.90 Å². The van der Waals surface area contributed by atoms with E-state index in [-0.39, 0.29) is 33.7 Å². The van der Waals surface area contributed by atoms with Crippen molar-refractivity contribution in [2.24, 2.45) is 5.92 Å². The minimum absolute atomic E-state index is 0.0498. The summed E-state index contributed by atoms with van der Waals surface area (Å²) in [7, 11) is 0. The molecule has 2 heterocycles. The molecule has 2 aromatic rings. The zero-order valence-electron chi connectivity index (χ0n) is 18.3. The van der Waals surface area contributed by atoms with Crippen LogP contribution in [0.3, 0.4) is 0 Å². The Labute approximate surface area is 191 Å². The summed E-state index contributed by atoms with van der Waals surface area (Å²) in [5.74, 6) is -0.548. The summed E-state index contributed by atoms with van der Waals surface area (Å²) in [4.78, 5) is 39.5. The van der Waals surface area contributed by atoms with E-state index >= 15 is 0 Å². The van der Waals surface area contributed by atoms with E-state index in [1.165, 1.54) is 19.3 Å². The molecular weight excluding hydrogens is 426 g/mol. The molecule has 8 nitrogen and oxygen atoms in total. The average molecular weight is 456 g/mol. The van der Waals surface area contributed by atoms with Gasteiger partial charge >= 0.3 is 0 Å². The highest BCUT2D eigenvalue weighted by molar-refractivity contribution is 7.15. The van der Waals surface area contributed by atoms with Crippen molar-refractivity contribution in [3.63, 3.8) is 0 Å². The van der Waals surface area contributed by atoms with Crippen LogP contribution in [0.2, 0.25) is 0 Å². The highest BCUT2D eigenvalue weighted by atomic mass is 32.1. The predicted molar refractivity (Wildman–Crippen MR) is 123 cm³/mol. The van der Waals surface area contributed by atoms with E-state index in [2.05, 4.69) is 20.8 Å². The number of aromatic nitrogens is 2. The number of benzene rings is 1. The Hall–Kier alpha value is -2.81. The third-order valence-corrected chi connectivity index (χ3v) is 7.13. The zero-order chi connectivity index (χ0) is 22.5. The molecular formula is C23H29N5O3S. The van der Waals surface area contributed by atoms with Gasteiger partial charge in [0.25, 0.3) is 11.8 Å². The summed E-state index contributed by atoms with van der Waals surface area (Å²) >= 11 is 0.991. The maximum Gasteiger partial charge on any atom is 0.286 e. The lowest BCUT2D eigenvalue weighted by molar-refractivity contribution is -0.127. The van der Waals surface area contributed by atoms with Crippen LogP contribution in [0.1, 0.15) is 70.1 Å². The highest BCUT2D eigenvalue weighted by Gasteiger charge is 2.30. The molecule has 2 fully saturated rings. The Morgan fingerprint density at radius 3 is 2.28 bits per heavy atom. The molecule has 9 heteroatoms. The van der Waals surface area contributed by atoms with Gasteiger partial charge in [0.15, 0.2) is 0 Å². The number of carbonyl (C=O) groups excluding carboxylic acids is 3. The van der Waals surface area contributed by atoms with Gasteiger partial charge in [-0.2, -0.15) is 0 Å². The van der Waals surface area contributed by atoms with E-state index in [0.29, 0.717) is 37.7 Å². The van der Waals surface area contributed by atoms with Crippen molar-refractivity contribution < 1.29 is 14.4 Å². The number of nitrogens with one attached hydrogen (secondary N) is 2. The van der Waals surface area contributed by atoms with Crippen LogP contribution < -0.4 is 10.6 Å². The third-order valence-electron chi connectivity index (χ3n) is 6.22. The summed E-state index contributed by atoms with van der Waals surface area (Å²) in [6, 6.07) is 7.75. The topological polar surface area (TPSA) is 104 Å². The van der Waals surface area contributed by atoms with Gasteiger partial charge in [0.2, 0.25) is 15.9 Å². The maximum atomic E-state index is 12.8. The SMILES string of the molecule is Cc1ccc(NC(=O)c2nnc(C(=O)N3CCC(C(=O)NC4CCCCC4)CC3)s2)cc1. The molecule has 4 rings (SSSR count). The standard InChI is InChI=1S/C23H29N5O3S/c1-15-7-9-18(10-8-15)25-20(30)21-26-27-22(32-21)23(31)28-13-11-16(12-14-28)19(29)24-17-5-3-2-4-6-17/h7-10,16-17H,2-6,11-14H2,1H3,(H,24,29)(H,25,30). The number of likely N-dealkylation sites (tertiary alicyclic amines) is 1. The molecule has 1 saturated carbocycles. The van der Waals surface area contributed by atoms with E-state index in [9.17, 15) is 14.4 Å². The van der Waals surface area contributed by atoms with Gasteiger partial charge in [-0.3, -0.25) is 14.4 Å². The van der Waals surface area contributed by atoms with Gasteiger partial charge in [-0.15, -0.1) is 10.2 Å². The molecule has 1 saturated heterocycles. The van der Waals surface area contributed by atoms with Crippen LogP contribution >= 0.6 is 11.3 Å². The first-order valence-electron chi connectivity index (χ1n) is 11.3. The molecule has 0 bridgehead atoms. The molecule has 3 amide bonds.